The van der Waals surface area contributed by atoms with Crippen LogP contribution in [0, 0.1) is 11.3 Å². The zero-order valence-corrected chi connectivity index (χ0v) is 13.4. The molecule has 1 unspecified atom stereocenters. The van der Waals surface area contributed by atoms with Crippen molar-refractivity contribution in [3.63, 3.8) is 0 Å². The van der Waals surface area contributed by atoms with Crippen LogP contribution in [0.3, 0.4) is 0 Å². The SMILES string of the molecule is COc1ccc(C(NC(=O)CC#N)c2ccc3c(c2)CCO3)cc1. The fourth-order valence-electron chi connectivity index (χ4n) is 2.83. The molecule has 0 aromatic heterocycles. The van der Waals surface area contributed by atoms with E-state index < -0.39 is 0 Å². The maximum absolute atomic E-state index is 12.0. The lowest BCUT2D eigenvalue weighted by atomic mass is 9.96. The monoisotopic (exact) mass is 322 g/mol. The van der Waals surface area contributed by atoms with E-state index in [2.05, 4.69) is 11.4 Å². The van der Waals surface area contributed by atoms with Crippen molar-refractivity contribution in [1.82, 2.24) is 5.32 Å². The van der Waals surface area contributed by atoms with E-state index in [1.807, 2.05) is 42.5 Å². The highest BCUT2D eigenvalue weighted by Gasteiger charge is 2.20. The third-order valence-corrected chi connectivity index (χ3v) is 4.04. The molecule has 0 saturated heterocycles. The van der Waals surface area contributed by atoms with E-state index in [-0.39, 0.29) is 18.4 Å². The number of hydrogen-bond donors (Lipinski definition) is 1. The number of carbonyl (C=O) groups is 1. The first-order chi connectivity index (χ1) is 11.7. The molecular formula is C19H18N2O3. The quantitative estimate of drug-likeness (QED) is 0.919. The minimum absolute atomic E-state index is 0.166. The molecular weight excluding hydrogens is 304 g/mol. The molecule has 1 atom stereocenters. The van der Waals surface area contributed by atoms with Gasteiger partial charge in [-0.25, -0.2) is 0 Å². The fraction of sp³-hybridized carbons (Fsp3) is 0.263. The average Bonchev–Trinajstić information content (AvgIpc) is 3.08. The van der Waals surface area contributed by atoms with E-state index in [9.17, 15) is 4.79 Å². The molecule has 5 nitrogen and oxygen atoms in total. The number of nitrogens with zero attached hydrogens (tertiary/aromatic N) is 1. The van der Waals surface area contributed by atoms with Gasteiger partial charge in [-0.1, -0.05) is 18.2 Å². The largest absolute Gasteiger partial charge is 0.497 e. The number of fused-ring (bicyclic) bond motifs is 1. The second-order valence-electron chi connectivity index (χ2n) is 5.57. The molecule has 5 heteroatoms. The lowest BCUT2D eigenvalue weighted by molar-refractivity contribution is -0.120. The van der Waals surface area contributed by atoms with Gasteiger partial charge < -0.3 is 14.8 Å². The maximum atomic E-state index is 12.0. The summed E-state index contributed by atoms with van der Waals surface area (Å²) in [6.07, 6.45) is 0.700. The van der Waals surface area contributed by atoms with Gasteiger partial charge in [0.25, 0.3) is 0 Å². The molecule has 1 N–H and O–H groups in total. The van der Waals surface area contributed by atoms with Crippen LogP contribution in [-0.2, 0) is 11.2 Å². The van der Waals surface area contributed by atoms with Gasteiger partial charge in [-0.05, 0) is 41.0 Å². The van der Waals surface area contributed by atoms with Gasteiger partial charge in [0.05, 0.1) is 25.8 Å². The molecule has 0 aliphatic carbocycles. The van der Waals surface area contributed by atoms with Crippen LogP contribution in [0.15, 0.2) is 42.5 Å². The van der Waals surface area contributed by atoms with Crippen molar-refractivity contribution < 1.29 is 14.3 Å². The number of hydrogen-bond acceptors (Lipinski definition) is 4. The molecule has 0 radical (unpaired) electrons. The van der Waals surface area contributed by atoms with Gasteiger partial charge in [-0.15, -0.1) is 0 Å². The lowest BCUT2D eigenvalue weighted by Gasteiger charge is -2.20. The van der Waals surface area contributed by atoms with Gasteiger partial charge >= 0.3 is 0 Å². The summed E-state index contributed by atoms with van der Waals surface area (Å²) in [5.41, 5.74) is 3.04. The lowest BCUT2D eigenvalue weighted by Crippen LogP contribution is -2.28. The molecule has 24 heavy (non-hydrogen) atoms. The molecule has 1 aliphatic heterocycles. The Morgan fingerprint density at radius 2 is 2.04 bits per heavy atom. The highest BCUT2D eigenvalue weighted by atomic mass is 16.5. The van der Waals surface area contributed by atoms with Crippen LogP contribution < -0.4 is 14.8 Å². The van der Waals surface area contributed by atoms with Gasteiger partial charge in [0, 0.05) is 6.42 Å². The Morgan fingerprint density at radius 3 is 2.75 bits per heavy atom. The Morgan fingerprint density at radius 1 is 1.29 bits per heavy atom. The molecule has 1 amide bonds. The minimum Gasteiger partial charge on any atom is -0.497 e. The first-order valence-corrected chi connectivity index (χ1v) is 7.77. The number of rotatable bonds is 5. The Hall–Kier alpha value is -3.00. The average molecular weight is 322 g/mol. The van der Waals surface area contributed by atoms with Gasteiger partial charge in [0.2, 0.25) is 5.91 Å². The predicted octanol–water partition coefficient (Wildman–Crippen LogP) is 2.75. The number of carbonyl (C=O) groups excluding carboxylic acids is 1. The van der Waals surface area contributed by atoms with Gasteiger partial charge in [-0.3, -0.25) is 4.79 Å². The van der Waals surface area contributed by atoms with Crippen molar-refractivity contribution >= 4 is 5.91 Å². The molecule has 0 fully saturated rings. The van der Waals surface area contributed by atoms with Crippen LogP contribution in [0.1, 0.15) is 29.2 Å². The van der Waals surface area contributed by atoms with Crippen LogP contribution >= 0.6 is 0 Å². The zero-order chi connectivity index (χ0) is 16.9. The summed E-state index contributed by atoms with van der Waals surface area (Å²) < 4.78 is 10.7. The number of nitriles is 1. The smallest absolute Gasteiger partial charge is 0.234 e. The predicted molar refractivity (Wildman–Crippen MR) is 88.9 cm³/mol. The van der Waals surface area contributed by atoms with E-state index in [1.54, 1.807) is 7.11 Å². The number of ether oxygens (including phenoxy) is 2. The Bertz CT molecular complexity index is 778. The summed E-state index contributed by atoms with van der Waals surface area (Å²) in [5.74, 6) is 1.36. The zero-order valence-electron chi connectivity index (χ0n) is 13.4. The fourth-order valence-corrected chi connectivity index (χ4v) is 2.83. The van der Waals surface area contributed by atoms with E-state index >= 15 is 0 Å². The first kappa shape index (κ1) is 15.9. The highest BCUT2D eigenvalue weighted by molar-refractivity contribution is 5.79. The Kier molecular flexibility index (Phi) is 4.66. The molecule has 1 heterocycles. The summed E-state index contributed by atoms with van der Waals surface area (Å²) in [6.45, 7) is 0.687. The molecule has 3 rings (SSSR count). The second-order valence-corrected chi connectivity index (χ2v) is 5.57. The standard InChI is InChI=1S/C19H18N2O3/c1-23-16-5-2-13(3-6-16)19(21-18(22)8-10-20)15-4-7-17-14(12-15)9-11-24-17/h2-7,12,19H,8-9,11H2,1H3,(H,21,22). The summed E-state index contributed by atoms with van der Waals surface area (Å²) in [7, 11) is 1.61. The summed E-state index contributed by atoms with van der Waals surface area (Å²) in [4.78, 5) is 12.0. The molecule has 0 bridgehead atoms. The third kappa shape index (κ3) is 3.33. The number of nitrogens with one attached hydrogen (secondary N) is 1. The van der Waals surface area contributed by atoms with Crippen LogP contribution in [0.5, 0.6) is 11.5 Å². The van der Waals surface area contributed by atoms with Crippen molar-refractivity contribution in [1.29, 1.82) is 5.26 Å². The minimum atomic E-state index is -0.317. The summed E-state index contributed by atoms with van der Waals surface area (Å²) in [6, 6.07) is 15.1. The Balaban J connectivity index is 1.94. The van der Waals surface area contributed by atoms with Crippen LogP contribution in [0.25, 0.3) is 0 Å². The first-order valence-electron chi connectivity index (χ1n) is 7.77. The molecule has 0 saturated carbocycles. The van der Waals surface area contributed by atoms with Crippen LogP contribution in [-0.4, -0.2) is 19.6 Å². The molecule has 2 aromatic rings. The summed E-state index contributed by atoms with van der Waals surface area (Å²) >= 11 is 0. The van der Waals surface area contributed by atoms with Crippen LogP contribution in [0.4, 0.5) is 0 Å². The van der Waals surface area contributed by atoms with E-state index in [1.165, 1.54) is 0 Å². The number of amides is 1. The van der Waals surface area contributed by atoms with Crippen molar-refractivity contribution in [3.8, 4) is 17.6 Å². The van der Waals surface area contributed by atoms with Gasteiger partial charge in [0.15, 0.2) is 0 Å². The number of benzene rings is 2. The van der Waals surface area contributed by atoms with Crippen LogP contribution in [0.2, 0.25) is 0 Å². The Labute approximate surface area is 140 Å². The van der Waals surface area contributed by atoms with Crippen molar-refractivity contribution in [2.45, 2.75) is 18.9 Å². The second kappa shape index (κ2) is 7.05. The van der Waals surface area contributed by atoms with Gasteiger partial charge in [0.1, 0.15) is 17.9 Å². The van der Waals surface area contributed by atoms with E-state index in [0.717, 1.165) is 34.6 Å². The molecule has 122 valence electrons. The molecule has 0 spiro atoms. The summed E-state index contributed by atoms with van der Waals surface area (Å²) in [5, 5.41) is 11.7. The molecule has 1 aliphatic rings. The normalized spacial score (nSPS) is 13.3. The maximum Gasteiger partial charge on any atom is 0.234 e. The van der Waals surface area contributed by atoms with Crippen molar-refractivity contribution in [2.75, 3.05) is 13.7 Å². The molecule has 2 aromatic carbocycles. The van der Waals surface area contributed by atoms with E-state index in [4.69, 9.17) is 14.7 Å². The third-order valence-electron chi connectivity index (χ3n) is 4.04. The highest BCUT2D eigenvalue weighted by Crippen LogP contribution is 2.31. The van der Waals surface area contributed by atoms with Crippen molar-refractivity contribution in [3.05, 3.63) is 59.2 Å². The topological polar surface area (TPSA) is 71.3 Å². The van der Waals surface area contributed by atoms with Crippen molar-refractivity contribution in [2.24, 2.45) is 0 Å². The van der Waals surface area contributed by atoms with E-state index in [0.29, 0.717) is 6.61 Å². The number of methoxy groups -OCH3 is 1. The van der Waals surface area contributed by atoms with Gasteiger partial charge in [-0.2, -0.15) is 5.26 Å².